The Hall–Kier alpha value is -1.52. The lowest BCUT2D eigenvalue weighted by Gasteiger charge is -2.01. The van der Waals surface area contributed by atoms with Crippen LogP contribution in [0.3, 0.4) is 0 Å². The molecular weight excluding hydrogens is 271 g/mol. The highest BCUT2D eigenvalue weighted by atomic mass is 35.5. The molecule has 3 aromatic rings. The second kappa shape index (κ2) is 4.30. The van der Waals surface area contributed by atoms with Crippen LogP contribution < -0.4 is 0 Å². The second-order valence-corrected chi connectivity index (χ2v) is 5.11. The monoisotopic (exact) mass is 278 g/mol. The molecule has 2 nitrogen and oxygen atoms in total. The van der Waals surface area contributed by atoms with Gasteiger partial charge in [-0.2, -0.15) is 0 Å². The minimum absolute atomic E-state index is 0.253. The van der Waals surface area contributed by atoms with Crippen LogP contribution in [-0.2, 0) is 0 Å². The first-order chi connectivity index (χ1) is 8.65. The summed E-state index contributed by atoms with van der Waals surface area (Å²) in [5.74, 6) is 0.400. The molecule has 18 heavy (non-hydrogen) atoms. The molecule has 0 bridgehead atoms. The zero-order valence-electron chi connectivity index (χ0n) is 9.45. The van der Waals surface area contributed by atoms with Crippen LogP contribution in [0.1, 0.15) is 5.82 Å². The zero-order valence-corrected chi connectivity index (χ0v) is 11.0. The van der Waals surface area contributed by atoms with E-state index in [0.29, 0.717) is 11.0 Å². The van der Waals surface area contributed by atoms with Gasteiger partial charge in [-0.1, -0.05) is 23.7 Å². The molecule has 90 valence electrons. The van der Waals surface area contributed by atoms with Crippen LogP contribution in [0.25, 0.3) is 21.3 Å². The first-order valence-electron chi connectivity index (χ1n) is 5.32. The van der Waals surface area contributed by atoms with Crippen LogP contribution in [0, 0.1) is 12.7 Å². The average Bonchev–Trinajstić information content (AvgIpc) is 2.74. The van der Waals surface area contributed by atoms with Gasteiger partial charge in [0.1, 0.15) is 21.6 Å². The fraction of sp³-hybridized carbons (Fsp3) is 0.0769. The Labute approximate surface area is 112 Å². The van der Waals surface area contributed by atoms with Gasteiger partial charge in [-0.15, -0.1) is 11.3 Å². The quantitative estimate of drug-likeness (QED) is 0.614. The van der Waals surface area contributed by atoms with Crippen LogP contribution in [0.5, 0.6) is 0 Å². The van der Waals surface area contributed by atoms with Crippen molar-refractivity contribution in [3.05, 3.63) is 46.4 Å². The molecule has 0 atom stereocenters. The molecule has 1 aromatic carbocycles. The molecule has 3 rings (SSSR count). The van der Waals surface area contributed by atoms with Crippen molar-refractivity contribution in [3.8, 4) is 11.1 Å². The minimum Gasteiger partial charge on any atom is -0.222 e. The Balaban J connectivity index is 2.27. The van der Waals surface area contributed by atoms with Crippen molar-refractivity contribution in [3.63, 3.8) is 0 Å². The number of benzene rings is 1. The first kappa shape index (κ1) is 11.6. The Bertz CT molecular complexity index is 722. The van der Waals surface area contributed by atoms with Crippen molar-refractivity contribution < 1.29 is 4.39 Å². The van der Waals surface area contributed by atoms with Gasteiger partial charge in [0.2, 0.25) is 0 Å². The lowest BCUT2D eigenvalue weighted by atomic mass is 10.1. The summed E-state index contributed by atoms with van der Waals surface area (Å²) < 4.78 is 12.9. The van der Waals surface area contributed by atoms with Crippen LogP contribution in [0.4, 0.5) is 4.39 Å². The molecule has 5 heteroatoms. The van der Waals surface area contributed by atoms with Crippen LogP contribution in [0.15, 0.2) is 29.6 Å². The zero-order chi connectivity index (χ0) is 12.7. The molecule has 0 saturated heterocycles. The Morgan fingerprint density at radius 3 is 2.61 bits per heavy atom. The molecule has 0 aliphatic heterocycles. The van der Waals surface area contributed by atoms with Gasteiger partial charge in [0.05, 0.1) is 5.39 Å². The number of thiophene rings is 1. The van der Waals surface area contributed by atoms with Gasteiger partial charge >= 0.3 is 0 Å². The Morgan fingerprint density at radius 2 is 1.89 bits per heavy atom. The summed E-state index contributed by atoms with van der Waals surface area (Å²) in [6.45, 7) is 1.81. The van der Waals surface area contributed by atoms with E-state index in [0.717, 1.165) is 21.3 Å². The predicted molar refractivity (Wildman–Crippen MR) is 72.6 cm³/mol. The van der Waals surface area contributed by atoms with Crippen molar-refractivity contribution in [2.75, 3.05) is 0 Å². The number of hydrogen-bond acceptors (Lipinski definition) is 3. The van der Waals surface area contributed by atoms with E-state index in [2.05, 4.69) is 9.97 Å². The molecule has 0 amide bonds. The largest absolute Gasteiger partial charge is 0.222 e. The van der Waals surface area contributed by atoms with E-state index in [-0.39, 0.29) is 5.82 Å². The number of aryl methyl sites for hydroxylation is 1. The topological polar surface area (TPSA) is 25.8 Å². The van der Waals surface area contributed by atoms with Gasteiger partial charge in [0.15, 0.2) is 0 Å². The lowest BCUT2D eigenvalue weighted by molar-refractivity contribution is 0.628. The van der Waals surface area contributed by atoms with Crippen LogP contribution in [0.2, 0.25) is 5.15 Å². The van der Waals surface area contributed by atoms with Crippen molar-refractivity contribution in [1.29, 1.82) is 0 Å². The molecule has 0 spiro atoms. The molecule has 0 aliphatic carbocycles. The summed E-state index contributed by atoms with van der Waals surface area (Å²) in [4.78, 5) is 9.37. The van der Waals surface area contributed by atoms with E-state index in [1.165, 1.54) is 23.5 Å². The minimum atomic E-state index is -0.253. The SMILES string of the molecule is Cc1nc(Cl)c2c(-c3ccc(F)cc3)csc2n1. The van der Waals surface area contributed by atoms with Crippen molar-refractivity contribution in [1.82, 2.24) is 9.97 Å². The van der Waals surface area contributed by atoms with E-state index in [9.17, 15) is 4.39 Å². The summed E-state index contributed by atoms with van der Waals surface area (Å²) in [5.41, 5.74) is 1.86. The van der Waals surface area contributed by atoms with E-state index < -0.39 is 0 Å². The molecule has 0 unspecified atom stereocenters. The third-order valence-corrected chi connectivity index (χ3v) is 3.80. The van der Waals surface area contributed by atoms with Crippen molar-refractivity contribution in [2.45, 2.75) is 6.92 Å². The number of rotatable bonds is 1. The van der Waals surface area contributed by atoms with Crippen molar-refractivity contribution >= 4 is 33.2 Å². The van der Waals surface area contributed by atoms with E-state index in [1.807, 2.05) is 12.3 Å². The van der Waals surface area contributed by atoms with Gasteiger partial charge in [0.25, 0.3) is 0 Å². The summed E-state index contributed by atoms with van der Waals surface area (Å²) in [6.07, 6.45) is 0. The summed E-state index contributed by atoms with van der Waals surface area (Å²) in [7, 11) is 0. The first-order valence-corrected chi connectivity index (χ1v) is 6.58. The highest BCUT2D eigenvalue weighted by Crippen LogP contribution is 2.36. The number of hydrogen-bond donors (Lipinski definition) is 0. The lowest BCUT2D eigenvalue weighted by Crippen LogP contribution is -1.88. The number of fused-ring (bicyclic) bond motifs is 1. The van der Waals surface area contributed by atoms with Gasteiger partial charge in [-0.3, -0.25) is 0 Å². The molecule has 0 N–H and O–H groups in total. The molecule has 0 aliphatic rings. The molecule has 2 aromatic heterocycles. The molecule has 2 heterocycles. The van der Waals surface area contributed by atoms with Crippen LogP contribution in [-0.4, -0.2) is 9.97 Å². The normalized spacial score (nSPS) is 11.1. The summed E-state index contributed by atoms with van der Waals surface area (Å²) in [5, 5.41) is 3.25. The number of aromatic nitrogens is 2. The standard InChI is InChI=1S/C13H8ClFN2S/c1-7-16-12(14)11-10(6-18-13(11)17-7)8-2-4-9(15)5-3-8/h2-6H,1H3. The maximum absolute atomic E-state index is 12.9. The third kappa shape index (κ3) is 1.87. The van der Waals surface area contributed by atoms with E-state index in [4.69, 9.17) is 11.6 Å². The molecule has 0 fully saturated rings. The highest BCUT2D eigenvalue weighted by Gasteiger charge is 2.12. The van der Waals surface area contributed by atoms with Gasteiger partial charge < -0.3 is 0 Å². The van der Waals surface area contributed by atoms with Crippen LogP contribution >= 0.6 is 22.9 Å². The van der Waals surface area contributed by atoms with Gasteiger partial charge in [-0.25, -0.2) is 14.4 Å². The van der Waals surface area contributed by atoms with E-state index in [1.54, 1.807) is 12.1 Å². The highest BCUT2D eigenvalue weighted by molar-refractivity contribution is 7.17. The number of halogens is 2. The Kier molecular flexibility index (Phi) is 2.76. The second-order valence-electron chi connectivity index (χ2n) is 3.90. The fourth-order valence-corrected chi connectivity index (χ4v) is 3.20. The van der Waals surface area contributed by atoms with E-state index >= 15 is 0 Å². The fourth-order valence-electron chi connectivity index (χ4n) is 1.84. The molecule has 0 radical (unpaired) electrons. The van der Waals surface area contributed by atoms with Crippen molar-refractivity contribution in [2.24, 2.45) is 0 Å². The predicted octanol–water partition coefficient (Wildman–Crippen LogP) is 4.46. The summed E-state index contributed by atoms with van der Waals surface area (Å²) in [6, 6.07) is 6.32. The number of nitrogens with zero attached hydrogens (tertiary/aromatic N) is 2. The third-order valence-electron chi connectivity index (χ3n) is 2.66. The van der Waals surface area contributed by atoms with Gasteiger partial charge in [0, 0.05) is 10.9 Å². The Morgan fingerprint density at radius 1 is 1.17 bits per heavy atom. The smallest absolute Gasteiger partial charge is 0.142 e. The van der Waals surface area contributed by atoms with Gasteiger partial charge in [-0.05, 0) is 24.6 Å². The maximum atomic E-state index is 12.9. The summed E-state index contributed by atoms with van der Waals surface area (Å²) >= 11 is 7.68. The average molecular weight is 279 g/mol. The maximum Gasteiger partial charge on any atom is 0.142 e. The molecular formula is C13H8ClFN2S. The molecule has 0 saturated carbocycles.